The number of methoxy groups -OCH3 is 2. The Balaban J connectivity index is 1.68. The maximum absolute atomic E-state index is 12.4. The zero-order valence-corrected chi connectivity index (χ0v) is 16.8. The van der Waals surface area contributed by atoms with Gasteiger partial charge in [0.05, 0.1) is 25.5 Å². The van der Waals surface area contributed by atoms with Crippen molar-refractivity contribution in [3.8, 4) is 11.5 Å². The van der Waals surface area contributed by atoms with E-state index >= 15 is 0 Å². The minimum absolute atomic E-state index is 0.0486. The normalized spacial score (nSPS) is 11.1. The first-order chi connectivity index (χ1) is 13.8. The summed E-state index contributed by atoms with van der Waals surface area (Å²) in [6.45, 7) is 0. The molecule has 0 aliphatic heterocycles. The van der Waals surface area contributed by atoms with E-state index in [1.165, 1.54) is 32.4 Å². The summed E-state index contributed by atoms with van der Waals surface area (Å²) in [6.07, 6.45) is 1.44. The molecule has 9 nitrogen and oxygen atoms in total. The van der Waals surface area contributed by atoms with Gasteiger partial charge in [-0.1, -0.05) is 17.2 Å². The summed E-state index contributed by atoms with van der Waals surface area (Å²) in [5.74, 6) is 0.758. The predicted octanol–water partition coefficient (Wildman–Crippen LogP) is 2.33. The van der Waals surface area contributed by atoms with Crippen LogP contribution >= 0.6 is 0 Å². The van der Waals surface area contributed by atoms with Crippen molar-refractivity contribution in [1.29, 1.82) is 0 Å². The Hall–Kier alpha value is -3.40. The number of amides is 1. The van der Waals surface area contributed by atoms with E-state index in [0.29, 0.717) is 23.5 Å². The summed E-state index contributed by atoms with van der Waals surface area (Å²) < 4.78 is 38.8. The zero-order chi connectivity index (χ0) is 21.0. The predicted molar refractivity (Wildman–Crippen MR) is 104 cm³/mol. The largest absolute Gasteiger partial charge is 0.493 e. The molecule has 29 heavy (non-hydrogen) atoms. The number of carbonyl (C=O) groups excluding carboxylic acids is 1. The Kier molecular flexibility index (Phi) is 5.83. The standard InChI is InChI=1S/C19H19N3O6S/c1-26-15-9-6-13(11-16(15)27-2)18(23)20-19-22-21-17(28-19)10-12-4-7-14(8-5-12)29(3,24)25/h4-9,11H,10H2,1-3H3,(H,20,22,23). The quantitative estimate of drug-likeness (QED) is 0.622. The van der Waals surface area contributed by atoms with E-state index in [1.807, 2.05) is 0 Å². The highest BCUT2D eigenvalue weighted by Gasteiger charge is 2.15. The van der Waals surface area contributed by atoms with Crippen LogP contribution < -0.4 is 14.8 Å². The molecule has 0 saturated carbocycles. The monoisotopic (exact) mass is 417 g/mol. The molecule has 1 heterocycles. The van der Waals surface area contributed by atoms with Gasteiger partial charge in [0.25, 0.3) is 5.91 Å². The van der Waals surface area contributed by atoms with Gasteiger partial charge in [0.1, 0.15) is 0 Å². The molecular weight excluding hydrogens is 398 g/mol. The first-order valence-corrected chi connectivity index (χ1v) is 10.3. The molecule has 0 aliphatic rings. The van der Waals surface area contributed by atoms with Crippen LogP contribution in [0.4, 0.5) is 6.01 Å². The lowest BCUT2D eigenvalue weighted by Gasteiger charge is -2.08. The van der Waals surface area contributed by atoms with Gasteiger partial charge in [-0.15, -0.1) is 5.10 Å². The van der Waals surface area contributed by atoms with E-state index in [0.717, 1.165) is 11.8 Å². The first kappa shape index (κ1) is 20.3. The number of anilines is 1. The molecule has 10 heteroatoms. The highest BCUT2D eigenvalue weighted by Crippen LogP contribution is 2.27. The van der Waals surface area contributed by atoms with Crippen LogP contribution in [-0.2, 0) is 16.3 Å². The van der Waals surface area contributed by atoms with Gasteiger partial charge in [-0.05, 0) is 35.9 Å². The molecule has 0 bridgehead atoms. The molecule has 0 fully saturated rings. The smallest absolute Gasteiger partial charge is 0.322 e. The minimum atomic E-state index is -3.25. The first-order valence-electron chi connectivity index (χ1n) is 8.45. The van der Waals surface area contributed by atoms with Gasteiger partial charge in [-0.25, -0.2) is 8.42 Å². The van der Waals surface area contributed by atoms with Crippen molar-refractivity contribution in [3.63, 3.8) is 0 Å². The van der Waals surface area contributed by atoms with Crippen molar-refractivity contribution in [2.75, 3.05) is 25.8 Å². The average Bonchev–Trinajstić information content (AvgIpc) is 3.13. The van der Waals surface area contributed by atoms with Gasteiger partial charge < -0.3 is 13.9 Å². The number of nitrogens with zero attached hydrogens (tertiary/aromatic N) is 2. The fourth-order valence-corrected chi connectivity index (χ4v) is 3.18. The van der Waals surface area contributed by atoms with Gasteiger partial charge in [-0.3, -0.25) is 10.1 Å². The second-order valence-corrected chi connectivity index (χ2v) is 8.13. The second-order valence-electron chi connectivity index (χ2n) is 6.12. The topological polar surface area (TPSA) is 121 Å². The van der Waals surface area contributed by atoms with Crippen molar-refractivity contribution < 1.29 is 27.1 Å². The number of nitrogens with one attached hydrogen (secondary N) is 1. The van der Waals surface area contributed by atoms with E-state index in [-0.39, 0.29) is 16.8 Å². The highest BCUT2D eigenvalue weighted by atomic mass is 32.2. The highest BCUT2D eigenvalue weighted by molar-refractivity contribution is 7.90. The number of ether oxygens (including phenoxy) is 2. The summed E-state index contributed by atoms with van der Waals surface area (Å²) in [7, 11) is -0.269. The Labute approximate surface area is 167 Å². The fourth-order valence-electron chi connectivity index (χ4n) is 2.55. The number of carbonyl (C=O) groups is 1. The zero-order valence-electron chi connectivity index (χ0n) is 16.0. The Bertz CT molecular complexity index is 1120. The summed E-state index contributed by atoms with van der Waals surface area (Å²) >= 11 is 0. The maximum Gasteiger partial charge on any atom is 0.322 e. The molecule has 1 amide bonds. The lowest BCUT2D eigenvalue weighted by Crippen LogP contribution is -2.12. The lowest BCUT2D eigenvalue weighted by molar-refractivity contribution is 0.102. The van der Waals surface area contributed by atoms with Crippen LogP contribution in [0.5, 0.6) is 11.5 Å². The number of rotatable bonds is 7. The van der Waals surface area contributed by atoms with Gasteiger partial charge in [0, 0.05) is 11.8 Å². The van der Waals surface area contributed by atoms with E-state index in [2.05, 4.69) is 15.5 Å². The molecule has 0 spiro atoms. The summed E-state index contributed by atoms with van der Waals surface area (Å²) in [5.41, 5.74) is 1.12. The average molecular weight is 417 g/mol. The molecule has 0 atom stereocenters. The van der Waals surface area contributed by atoms with E-state index in [4.69, 9.17) is 13.9 Å². The van der Waals surface area contributed by atoms with E-state index in [9.17, 15) is 13.2 Å². The number of hydrogen-bond acceptors (Lipinski definition) is 8. The Morgan fingerprint density at radius 3 is 2.34 bits per heavy atom. The third kappa shape index (κ3) is 4.91. The van der Waals surface area contributed by atoms with Crippen molar-refractivity contribution in [1.82, 2.24) is 10.2 Å². The molecule has 3 aromatic rings. The lowest BCUT2D eigenvalue weighted by atomic mass is 10.1. The molecule has 1 N–H and O–H groups in total. The molecule has 2 aromatic carbocycles. The van der Waals surface area contributed by atoms with Crippen LogP contribution in [0.25, 0.3) is 0 Å². The van der Waals surface area contributed by atoms with Crippen LogP contribution in [0, 0.1) is 0 Å². The molecule has 0 unspecified atom stereocenters. The molecule has 3 rings (SSSR count). The summed E-state index contributed by atoms with van der Waals surface area (Å²) in [5, 5.41) is 10.2. The molecule has 0 aliphatic carbocycles. The maximum atomic E-state index is 12.4. The van der Waals surface area contributed by atoms with E-state index < -0.39 is 15.7 Å². The van der Waals surface area contributed by atoms with Crippen LogP contribution in [0.1, 0.15) is 21.8 Å². The van der Waals surface area contributed by atoms with Crippen molar-refractivity contribution in [2.24, 2.45) is 0 Å². The van der Waals surface area contributed by atoms with Crippen LogP contribution in [0.3, 0.4) is 0 Å². The molecule has 1 aromatic heterocycles. The number of benzene rings is 2. The van der Waals surface area contributed by atoms with Crippen molar-refractivity contribution >= 4 is 21.8 Å². The van der Waals surface area contributed by atoms with Crippen LogP contribution in [-0.4, -0.2) is 45.0 Å². The molecular formula is C19H19N3O6S. The molecule has 152 valence electrons. The summed E-state index contributed by atoms with van der Waals surface area (Å²) in [4.78, 5) is 12.6. The van der Waals surface area contributed by atoms with Gasteiger partial charge in [0.2, 0.25) is 5.89 Å². The number of hydrogen-bond donors (Lipinski definition) is 1. The molecule has 0 saturated heterocycles. The molecule has 0 radical (unpaired) electrons. The van der Waals surface area contributed by atoms with Gasteiger partial charge >= 0.3 is 6.01 Å². The number of sulfone groups is 1. The second kappa shape index (κ2) is 8.31. The summed E-state index contributed by atoms with van der Waals surface area (Å²) in [6, 6.07) is 11.1. The Morgan fingerprint density at radius 1 is 1.03 bits per heavy atom. The van der Waals surface area contributed by atoms with E-state index in [1.54, 1.807) is 24.3 Å². The van der Waals surface area contributed by atoms with Gasteiger partial charge in [-0.2, -0.15) is 0 Å². The third-order valence-corrected chi connectivity index (χ3v) is 5.17. The SMILES string of the molecule is COc1ccc(C(=O)Nc2nnc(Cc3ccc(S(C)(=O)=O)cc3)o2)cc1OC. The van der Waals surface area contributed by atoms with Crippen molar-refractivity contribution in [3.05, 3.63) is 59.5 Å². The van der Waals surface area contributed by atoms with Gasteiger partial charge in [0.15, 0.2) is 21.3 Å². The fraction of sp³-hybridized carbons (Fsp3) is 0.211. The minimum Gasteiger partial charge on any atom is -0.493 e. The van der Waals surface area contributed by atoms with Crippen LogP contribution in [0.2, 0.25) is 0 Å². The van der Waals surface area contributed by atoms with Crippen LogP contribution in [0.15, 0.2) is 51.8 Å². The third-order valence-electron chi connectivity index (χ3n) is 4.04. The number of aromatic nitrogens is 2. The Morgan fingerprint density at radius 2 is 1.72 bits per heavy atom. The van der Waals surface area contributed by atoms with Crippen molar-refractivity contribution in [2.45, 2.75) is 11.3 Å².